The zero-order chi connectivity index (χ0) is 15.9. The van der Waals surface area contributed by atoms with Crippen LogP contribution in [0.4, 0.5) is 0 Å². The first-order valence-corrected chi connectivity index (χ1v) is 10.6. The van der Waals surface area contributed by atoms with Crippen molar-refractivity contribution < 1.29 is 13.2 Å². The van der Waals surface area contributed by atoms with Crippen LogP contribution in [0.15, 0.2) is 18.2 Å². The van der Waals surface area contributed by atoms with E-state index < -0.39 is 9.84 Å². The summed E-state index contributed by atoms with van der Waals surface area (Å²) in [6, 6.07) is 7.46. The van der Waals surface area contributed by atoms with Gasteiger partial charge in [0.25, 0.3) is 0 Å². The predicted molar refractivity (Wildman–Crippen MR) is 90.7 cm³/mol. The van der Waals surface area contributed by atoms with Crippen molar-refractivity contribution >= 4 is 9.84 Å². The summed E-state index contributed by atoms with van der Waals surface area (Å²) in [6.45, 7) is 1.84. The molecule has 4 rings (SSSR count). The van der Waals surface area contributed by atoms with Crippen molar-refractivity contribution in [2.24, 2.45) is 0 Å². The SMILES string of the molecule is O=S1(=O)CCC(N(CCCc2ccc3c(c2)CCO3)C2CC2)C1. The lowest BCUT2D eigenvalue weighted by Gasteiger charge is -2.28. The van der Waals surface area contributed by atoms with Crippen LogP contribution in [-0.2, 0) is 22.7 Å². The highest BCUT2D eigenvalue weighted by atomic mass is 32.2. The normalized spacial score (nSPS) is 25.5. The lowest BCUT2D eigenvalue weighted by atomic mass is 10.0. The van der Waals surface area contributed by atoms with Crippen molar-refractivity contribution in [3.8, 4) is 5.75 Å². The molecule has 0 amide bonds. The molecule has 0 bridgehead atoms. The standard InChI is InChI=1S/C18H25NO3S/c20-23(21)11-8-17(13-23)19(16-4-5-16)9-1-2-14-3-6-18-15(12-14)7-10-22-18/h3,6,12,16-17H,1-2,4-5,7-11,13H2. The maximum absolute atomic E-state index is 11.8. The molecule has 3 aliphatic rings. The summed E-state index contributed by atoms with van der Waals surface area (Å²) in [6.07, 6.45) is 6.51. The quantitative estimate of drug-likeness (QED) is 0.800. The molecule has 2 aliphatic heterocycles. The third-order valence-electron chi connectivity index (χ3n) is 5.33. The van der Waals surface area contributed by atoms with Crippen LogP contribution in [0.3, 0.4) is 0 Å². The van der Waals surface area contributed by atoms with Gasteiger partial charge < -0.3 is 4.74 Å². The van der Waals surface area contributed by atoms with Gasteiger partial charge in [0, 0.05) is 18.5 Å². The Kier molecular flexibility index (Phi) is 4.10. The molecule has 0 radical (unpaired) electrons. The Labute approximate surface area is 138 Å². The largest absolute Gasteiger partial charge is 0.493 e. The van der Waals surface area contributed by atoms with Crippen LogP contribution < -0.4 is 4.74 Å². The summed E-state index contributed by atoms with van der Waals surface area (Å²) in [4.78, 5) is 2.49. The number of sulfone groups is 1. The molecule has 5 heteroatoms. The molecule has 1 aliphatic carbocycles. The third kappa shape index (κ3) is 3.56. The van der Waals surface area contributed by atoms with Gasteiger partial charge in [0.2, 0.25) is 0 Å². The fourth-order valence-electron chi connectivity index (χ4n) is 3.97. The minimum Gasteiger partial charge on any atom is -0.493 e. The first-order chi connectivity index (χ1) is 11.1. The zero-order valence-electron chi connectivity index (χ0n) is 13.5. The van der Waals surface area contributed by atoms with Gasteiger partial charge in [0.05, 0.1) is 18.1 Å². The van der Waals surface area contributed by atoms with Crippen molar-refractivity contribution in [3.63, 3.8) is 0 Å². The number of nitrogens with zero attached hydrogens (tertiary/aromatic N) is 1. The maximum atomic E-state index is 11.8. The van der Waals surface area contributed by atoms with E-state index in [2.05, 4.69) is 23.1 Å². The Bertz CT molecular complexity index is 682. The fraction of sp³-hybridized carbons (Fsp3) is 0.667. The molecule has 2 fully saturated rings. The van der Waals surface area contributed by atoms with Crippen LogP contribution in [0.25, 0.3) is 0 Å². The van der Waals surface area contributed by atoms with Crippen molar-refractivity contribution in [1.82, 2.24) is 4.90 Å². The molecule has 23 heavy (non-hydrogen) atoms. The van der Waals surface area contributed by atoms with Gasteiger partial charge in [0.15, 0.2) is 9.84 Å². The van der Waals surface area contributed by atoms with Crippen molar-refractivity contribution in [1.29, 1.82) is 0 Å². The number of ether oxygens (including phenoxy) is 1. The molecule has 0 N–H and O–H groups in total. The van der Waals surface area contributed by atoms with Gasteiger partial charge in [-0.25, -0.2) is 8.42 Å². The number of hydrogen-bond acceptors (Lipinski definition) is 4. The average Bonchev–Trinajstić information content (AvgIpc) is 3.14. The summed E-state index contributed by atoms with van der Waals surface area (Å²) in [5, 5.41) is 0. The summed E-state index contributed by atoms with van der Waals surface area (Å²) >= 11 is 0. The van der Waals surface area contributed by atoms with Crippen LogP contribution in [0.5, 0.6) is 5.75 Å². The Morgan fingerprint density at radius 3 is 2.78 bits per heavy atom. The summed E-state index contributed by atoms with van der Waals surface area (Å²) in [5.41, 5.74) is 2.72. The van der Waals surface area contributed by atoms with Crippen molar-refractivity contribution in [3.05, 3.63) is 29.3 Å². The Balaban J connectivity index is 1.34. The molecule has 0 aromatic heterocycles. The van der Waals surface area contributed by atoms with E-state index >= 15 is 0 Å². The minimum absolute atomic E-state index is 0.265. The predicted octanol–water partition coefficient (Wildman–Crippen LogP) is 2.21. The lowest BCUT2D eigenvalue weighted by Crippen LogP contribution is -2.38. The maximum Gasteiger partial charge on any atom is 0.151 e. The van der Waals surface area contributed by atoms with E-state index in [-0.39, 0.29) is 6.04 Å². The van der Waals surface area contributed by atoms with Gasteiger partial charge in [0.1, 0.15) is 5.75 Å². The Hall–Kier alpha value is -1.07. The van der Waals surface area contributed by atoms with E-state index in [4.69, 9.17) is 4.74 Å². The molecular weight excluding hydrogens is 310 g/mol. The molecule has 1 aromatic rings. The number of rotatable bonds is 6. The molecule has 2 heterocycles. The molecule has 1 aromatic carbocycles. The van der Waals surface area contributed by atoms with E-state index in [1.54, 1.807) is 0 Å². The topological polar surface area (TPSA) is 46.6 Å². The number of fused-ring (bicyclic) bond motifs is 1. The highest BCUT2D eigenvalue weighted by Gasteiger charge is 2.39. The van der Waals surface area contributed by atoms with E-state index in [0.29, 0.717) is 17.5 Å². The number of aryl methyl sites for hydroxylation is 1. The minimum atomic E-state index is -2.79. The van der Waals surface area contributed by atoms with E-state index in [0.717, 1.165) is 44.6 Å². The van der Waals surface area contributed by atoms with Crippen molar-refractivity contribution in [2.45, 2.75) is 50.6 Å². The van der Waals surface area contributed by atoms with E-state index in [1.165, 1.54) is 24.0 Å². The van der Waals surface area contributed by atoms with Crippen LogP contribution in [-0.4, -0.2) is 50.1 Å². The number of hydrogen-bond donors (Lipinski definition) is 0. The summed E-state index contributed by atoms with van der Waals surface area (Å²) < 4.78 is 29.1. The highest BCUT2D eigenvalue weighted by molar-refractivity contribution is 7.91. The van der Waals surface area contributed by atoms with Crippen molar-refractivity contribution in [2.75, 3.05) is 24.7 Å². The molecule has 0 spiro atoms. The van der Waals surface area contributed by atoms with Crippen LogP contribution in [0.1, 0.15) is 36.8 Å². The number of benzene rings is 1. The first kappa shape index (κ1) is 15.5. The second-order valence-corrected chi connectivity index (χ2v) is 9.40. The van der Waals surface area contributed by atoms with Gasteiger partial charge in [-0.1, -0.05) is 12.1 Å². The Morgan fingerprint density at radius 1 is 1.17 bits per heavy atom. The van der Waals surface area contributed by atoms with E-state index in [9.17, 15) is 8.42 Å². The zero-order valence-corrected chi connectivity index (χ0v) is 14.4. The molecule has 4 nitrogen and oxygen atoms in total. The summed E-state index contributed by atoms with van der Waals surface area (Å²) in [7, 11) is -2.79. The smallest absolute Gasteiger partial charge is 0.151 e. The molecule has 1 atom stereocenters. The molecule has 1 saturated heterocycles. The second kappa shape index (κ2) is 6.10. The van der Waals surface area contributed by atoms with Gasteiger partial charge in [-0.3, -0.25) is 4.90 Å². The van der Waals surface area contributed by atoms with E-state index in [1.807, 2.05) is 0 Å². The summed E-state index contributed by atoms with van der Waals surface area (Å²) in [5.74, 6) is 1.80. The monoisotopic (exact) mass is 335 g/mol. The van der Waals surface area contributed by atoms with Crippen LogP contribution in [0, 0.1) is 0 Å². The van der Waals surface area contributed by atoms with Gasteiger partial charge in [-0.2, -0.15) is 0 Å². The van der Waals surface area contributed by atoms with Crippen LogP contribution >= 0.6 is 0 Å². The third-order valence-corrected chi connectivity index (χ3v) is 7.08. The molecule has 1 unspecified atom stereocenters. The molecule has 1 saturated carbocycles. The Morgan fingerprint density at radius 2 is 2.04 bits per heavy atom. The average molecular weight is 335 g/mol. The van der Waals surface area contributed by atoms with Crippen LogP contribution in [0.2, 0.25) is 0 Å². The lowest BCUT2D eigenvalue weighted by molar-refractivity contribution is 0.199. The molecule has 126 valence electrons. The first-order valence-electron chi connectivity index (χ1n) is 8.81. The van der Waals surface area contributed by atoms with Gasteiger partial charge in [-0.15, -0.1) is 0 Å². The second-order valence-electron chi connectivity index (χ2n) is 7.17. The molecular formula is C18H25NO3S. The van der Waals surface area contributed by atoms with Gasteiger partial charge in [-0.05, 0) is 55.8 Å². The fourth-order valence-corrected chi connectivity index (χ4v) is 5.71. The highest BCUT2D eigenvalue weighted by Crippen LogP contribution is 2.32. The van der Waals surface area contributed by atoms with Gasteiger partial charge >= 0.3 is 0 Å².